The summed E-state index contributed by atoms with van der Waals surface area (Å²) in [4.78, 5) is 0. The van der Waals surface area contributed by atoms with Crippen LogP contribution in [0.1, 0.15) is 6.92 Å². The lowest BCUT2D eigenvalue weighted by Gasteiger charge is -2.48. The minimum Gasteiger partial charge on any atom is -0.394 e. The molecule has 258 valence electrons. The fraction of sp³-hybridized carbons (Fsp3) is 1.00. The lowest BCUT2D eigenvalue weighted by atomic mass is 9.96. The van der Waals surface area contributed by atoms with Crippen molar-refractivity contribution in [3.63, 3.8) is 0 Å². The number of rotatable bonds is 9. The van der Waals surface area contributed by atoms with Crippen LogP contribution < -0.4 is 0 Å². The highest BCUT2D eigenvalue weighted by atomic mass is 16.8. The second-order valence-electron chi connectivity index (χ2n) is 11.1. The van der Waals surface area contributed by atoms with E-state index >= 15 is 0 Å². The van der Waals surface area contributed by atoms with E-state index in [1.54, 1.807) is 0 Å². The Hall–Kier alpha value is -0.800. The fourth-order valence-electron chi connectivity index (χ4n) is 5.47. The van der Waals surface area contributed by atoms with Crippen molar-refractivity contribution >= 4 is 0 Å². The molecule has 44 heavy (non-hydrogen) atoms. The van der Waals surface area contributed by atoms with Gasteiger partial charge in [0.15, 0.2) is 25.2 Å². The van der Waals surface area contributed by atoms with Gasteiger partial charge in [0, 0.05) is 0 Å². The molecule has 0 radical (unpaired) electrons. The molecule has 0 unspecified atom stereocenters. The molecule has 0 aromatic heterocycles. The van der Waals surface area contributed by atoms with E-state index in [-0.39, 0.29) is 0 Å². The SMILES string of the molecule is C[C@@H]1O[C@@H](O[C@H]2[C@H](O)[C@@H](O[C@@H]3O[C@H](CO)[C@@H](O)[C@H](O[C@@H]4O[C@H](CO)[C@@H](O)[C@H](O)[C@H]4O)[C@H]3O)[C@H](O)O[C@@H]2CO)[C@H](O)[C@H](O)[C@H]1O. The van der Waals surface area contributed by atoms with Crippen molar-refractivity contribution in [3.05, 3.63) is 0 Å². The maximum absolute atomic E-state index is 11.1. The third kappa shape index (κ3) is 7.05. The molecule has 0 aromatic rings. The van der Waals surface area contributed by atoms with Crippen LogP contribution in [0.3, 0.4) is 0 Å². The van der Waals surface area contributed by atoms with Gasteiger partial charge in [-0.2, -0.15) is 0 Å². The van der Waals surface area contributed by atoms with E-state index in [0.29, 0.717) is 0 Å². The highest BCUT2D eigenvalue weighted by Gasteiger charge is 2.55. The van der Waals surface area contributed by atoms with Gasteiger partial charge in [-0.3, -0.25) is 0 Å². The van der Waals surface area contributed by atoms with E-state index in [4.69, 9.17) is 33.2 Å². The van der Waals surface area contributed by atoms with Gasteiger partial charge in [-0.05, 0) is 6.92 Å². The molecule has 4 heterocycles. The number of ether oxygens (including phenoxy) is 7. The third-order valence-electron chi connectivity index (χ3n) is 8.17. The zero-order valence-electron chi connectivity index (χ0n) is 23.3. The van der Waals surface area contributed by atoms with Crippen LogP contribution >= 0.6 is 0 Å². The van der Waals surface area contributed by atoms with Crippen molar-refractivity contribution < 1.29 is 99.5 Å². The van der Waals surface area contributed by atoms with Crippen LogP contribution in [0.4, 0.5) is 0 Å². The molecule has 0 bridgehead atoms. The van der Waals surface area contributed by atoms with Gasteiger partial charge in [0.05, 0.1) is 25.9 Å². The molecule has 0 aromatic carbocycles. The highest BCUT2D eigenvalue weighted by molar-refractivity contribution is 4.97. The van der Waals surface area contributed by atoms with Crippen molar-refractivity contribution in [3.8, 4) is 0 Å². The number of hydrogen-bond acceptors (Lipinski definition) is 20. The molecular weight excluding hydrogens is 608 g/mol. The van der Waals surface area contributed by atoms with Gasteiger partial charge in [0.1, 0.15) is 91.6 Å². The van der Waals surface area contributed by atoms with Crippen LogP contribution in [-0.2, 0) is 33.2 Å². The summed E-state index contributed by atoms with van der Waals surface area (Å²) >= 11 is 0. The van der Waals surface area contributed by atoms with Gasteiger partial charge >= 0.3 is 0 Å². The van der Waals surface area contributed by atoms with Crippen molar-refractivity contribution in [1.82, 2.24) is 0 Å². The van der Waals surface area contributed by atoms with Gasteiger partial charge in [-0.1, -0.05) is 0 Å². The predicted octanol–water partition coefficient (Wildman–Crippen LogP) is -8.72. The largest absolute Gasteiger partial charge is 0.394 e. The number of aliphatic hydroxyl groups excluding tert-OH is 13. The summed E-state index contributed by atoms with van der Waals surface area (Å²) < 4.78 is 38.0. The molecule has 20 heteroatoms. The molecule has 20 nitrogen and oxygen atoms in total. The predicted molar refractivity (Wildman–Crippen MR) is 132 cm³/mol. The summed E-state index contributed by atoms with van der Waals surface area (Å²) in [5.74, 6) is 0. The molecule has 0 aliphatic carbocycles. The average Bonchev–Trinajstić information content (AvgIpc) is 3.00. The van der Waals surface area contributed by atoms with Crippen molar-refractivity contribution in [2.45, 2.75) is 130 Å². The Morgan fingerprint density at radius 3 is 1.43 bits per heavy atom. The first kappa shape index (κ1) is 36.0. The van der Waals surface area contributed by atoms with Gasteiger partial charge < -0.3 is 99.5 Å². The normalized spacial score (nSPS) is 53.9. The highest BCUT2D eigenvalue weighted by Crippen LogP contribution is 2.34. The van der Waals surface area contributed by atoms with E-state index in [1.165, 1.54) is 6.92 Å². The van der Waals surface area contributed by atoms with Crippen LogP contribution in [0.15, 0.2) is 0 Å². The molecule has 20 atom stereocenters. The first-order chi connectivity index (χ1) is 20.7. The summed E-state index contributed by atoms with van der Waals surface area (Å²) in [7, 11) is 0. The van der Waals surface area contributed by atoms with Crippen molar-refractivity contribution in [2.75, 3.05) is 19.8 Å². The molecule has 4 fully saturated rings. The maximum atomic E-state index is 11.1. The monoisotopic (exact) mass is 650 g/mol. The molecule has 0 saturated carbocycles. The van der Waals surface area contributed by atoms with Gasteiger partial charge in [0.2, 0.25) is 0 Å². The molecule has 0 spiro atoms. The number of hydrogen-bond donors (Lipinski definition) is 13. The topological polar surface area (TPSA) is 328 Å². The van der Waals surface area contributed by atoms with Crippen LogP contribution in [0, 0.1) is 0 Å². The fourth-order valence-corrected chi connectivity index (χ4v) is 5.47. The Morgan fingerprint density at radius 2 is 0.864 bits per heavy atom. The zero-order valence-corrected chi connectivity index (χ0v) is 23.3. The van der Waals surface area contributed by atoms with E-state index in [2.05, 4.69) is 0 Å². The van der Waals surface area contributed by atoms with E-state index in [9.17, 15) is 66.4 Å². The lowest BCUT2D eigenvalue weighted by molar-refractivity contribution is -0.392. The summed E-state index contributed by atoms with van der Waals surface area (Å²) in [6.45, 7) is -1.13. The van der Waals surface area contributed by atoms with Crippen LogP contribution in [0.25, 0.3) is 0 Å². The molecule has 4 aliphatic heterocycles. The minimum absolute atomic E-state index is 0.800. The molecule has 0 amide bonds. The summed E-state index contributed by atoms with van der Waals surface area (Å²) in [5.41, 5.74) is 0. The van der Waals surface area contributed by atoms with Crippen molar-refractivity contribution in [1.29, 1.82) is 0 Å². The van der Waals surface area contributed by atoms with Gasteiger partial charge in [0.25, 0.3) is 0 Å². The Kier molecular flexibility index (Phi) is 12.3. The Bertz CT molecular complexity index is 900. The quantitative estimate of drug-likeness (QED) is 0.110. The Balaban J connectivity index is 1.51. The molecule has 4 saturated heterocycles. The summed E-state index contributed by atoms with van der Waals surface area (Å²) in [6, 6.07) is 0. The zero-order chi connectivity index (χ0) is 32.6. The summed E-state index contributed by atoms with van der Waals surface area (Å²) in [5, 5.41) is 133. The molecule has 4 rings (SSSR count). The molecule has 4 aliphatic rings. The Morgan fingerprint density at radius 1 is 0.409 bits per heavy atom. The molecule has 13 N–H and O–H groups in total. The first-order valence-corrected chi connectivity index (χ1v) is 14.0. The van der Waals surface area contributed by atoms with Gasteiger partial charge in [-0.15, -0.1) is 0 Å². The smallest absolute Gasteiger partial charge is 0.187 e. The molecular formula is C24H42O20. The first-order valence-electron chi connectivity index (χ1n) is 14.0. The van der Waals surface area contributed by atoms with Crippen LogP contribution in [-0.4, -0.2) is 209 Å². The second-order valence-corrected chi connectivity index (χ2v) is 11.1. The number of aliphatic hydroxyl groups is 13. The van der Waals surface area contributed by atoms with E-state index in [1.807, 2.05) is 0 Å². The third-order valence-corrected chi connectivity index (χ3v) is 8.17. The van der Waals surface area contributed by atoms with Crippen LogP contribution in [0.5, 0.6) is 0 Å². The maximum Gasteiger partial charge on any atom is 0.187 e. The van der Waals surface area contributed by atoms with Crippen LogP contribution in [0.2, 0.25) is 0 Å². The van der Waals surface area contributed by atoms with E-state index in [0.717, 1.165) is 0 Å². The van der Waals surface area contributed by atoms with Crippen molar-refractivity contribution in [2.24, 2.45) is 0 Å². The minimum atomic E-state index is -2.02. The Labute approximate surface area is 249 Å². The standard InChI is InChI=1S/C24H42O20/c1-5-9(28)12(31)14(33)22(38-5)42-18-8(4-27)39-21(37)20(16(18)35)44-24-17(36)19(11(30)7(3-26)41-24)43-23-15(34)13(32)10(29)6(2-25)40-23/h5-37H,2-4H2,1H3/t5-,6+,7+,8+,9-,10+,11+,12+,13-,14+,15+,16-,17+,18+,19-,20+,21+,22-,23-,24-/m0/s1. The van der Waals surface area contributed by atoms with Gasteiger partial charge in [-0.25, -0.2) is 0 Å². The second kappa shape index (κ2) is 15.0. The summed E-state index contributed by atoms with van der Waals surface area (Å²) in [6.07, 6.45) is -34.3. The average molecular weight is 651 g/mol. The van der Waals surface area contributed by atoms with E-state index < -0.39 is 143 Å². The lowest BCUT2D eigenvalue weighted by Crippen LogP contribution is -2.67.